The Morgan fingerprint density at radius 3 is 1.82 bits per heavy atom. The summed E-state index contributed by atoms with van der Waals surface area (Å²) in [5.41, 5.74) is 5.99. The molecule has 5 N–H and O–H groups in total. The van der Waals surface area contributed by atoms with Crippen molar-refractivity contribution in [2.24, 2.45) is 11.7 Å². The number of thioether (sulfide) groups is 1. The molecule has 0 aromatic rings. The van der Waals surface area contributed by atoms with Gasteiger partial charge in [0.05, 0.1) is 32.4 Å². The van der Waals surface area contributed by atoms with E-state index in [1.165, 1.54) is 18.7 Å². The molecule has 2 amide bonds. The first kappa shape index (κ1) is 80.5. The van der Waals surface area contributed by atoms with Crippen LogP contribution in [0.25, 0.3) is 0 Å². The van der Waals surface area contributed by atoms with E-state index in [2.05, 4.69) is 10.6 Å². The SMILES string of the molecule is C.C.C.C.C.C.C.C.C.C.CCC(=O)OCC(CSCC(N)C(=O)CC(CO)C(=O)CCCOCC(=O)NCCOCCC(=O)NCC(C)=O)OC(=O)CC. The van der Waals surface area contributed by atoms with Crippen LogP contribution in [-0.4, -0.2) is 123 Å². The second kappa shape index (κ2) is 51.1. The number of Topliss-reactive ketones (excluding diaryl/α,β-unsaturated/α-hetero) is 3. The fourth-order valence-electron chi connectivity index (χ4n) is 3.38. The first-order valence-corrected chi connectivity index (χ1v) is 16.1. The van der Waals surface area contributed by atoms with Crippen LogP contribution in [-0.2, 0) is 52.5 Å². The summed E-state index contributed by atoms with van der Waals surface area (Å²) >= 11 is 1.24. The van der Waals surface area contributed by atoms with Crippen molar-refractivity contribution in [3.8, 4) is 0 Å². The number of rotatable bonds is 28. The molecular weight excluding hydrogens is 735 g/mol. The van der Waals surface area contributed by atoms with Gasteiger partial charge in [-0.05, 0) is 13.3 Å². The number of ether oxygens (including phenoxy) is 4. The van der Waals surface area contributed by atoms with Crippen LogP contribution in [0.3, 0.4) is 0 Å². The molecule has 0 heterocycles. The van der Waals surface area contributed by atoms with Crippen LogP contribution in [0.15, 0.2) is 0 Å². The van der Waals surface area contributed by atoms with Crippen molar-refractivity contribution >= 4 is 52.9 Å². The molecule has 0 aromatic heterocycles. The van der Waals surface area contributed by atoms with Crippen LogP contribution < -0.4 is 16.4 Å². The Kier molecular flexibility index (Phi) is 74.8. The van der Waals surface area contributed by atoms with E-state index in [4.69, 9.17) is 24.7 Å². The molecule has 0 spiro atoms. The van der Waals surface area contributed by atoms with Crippen molar-refractivity contribution in [1.82, 2.24) is 10.6 Å². The third kappa shape index (κ3) is 45.4. The van der Waals surface area contributed by atoms with Crippen LogP contribution in [0, 0.1) is 5.92 Å². The maximum absolute atomic E-state index is 12.6. The zero-order valence-electron chi connectivity index (χ0n) is 26.5. The van der Waals surface area contributed by atoms with Crippen LogP contribution in [0.2, 0.25) is 0 Å². The van der Waals surface area contributed by atoms with E-state index in [1.54, 1.807) is 13.8 Å². The number of hydrogen-bond acceptors (Lipinski definition) is 14. The lowest BCUT2D eigenvalue weighted by Crippen LogP contribution is -2.37. The molecule has 3 unspecified atom stereocenters. The normalized spacial score (nSPS) is 10.5. The molecule has 16 heteroatoms. The van der Waals surface area contributed by atoms with Gasteiger partial charge in [-0.1, -0.05) is 88.1 Å². The van der Waals surface area contributed by atoms with Gasteiger partial charge in [0.1, 0.15) is 30.9 Å². The van der Waals surface area contributed by atoms with E-state index in [-0.39, 0.29) is 194 Å². The summed E-state index contributed by atoms with van der Waals surface area (Å²) < 4.78 is 20.8. The lowest BCUT2D eigenvalue weighted by Gasteiger charge is -2.19. The van der Waals surface area contributed by atoms with Crippen LogP contribution in [0.4, 0.5) is 0 Å². The topological polar surface area (TPSA) is 227 Å². The molecule has 0 saturated heterocycles. The van der Waals surface area contributed by atoms with Crippen molar-refractivity contribution in [2.75, 3.05) is 64.2 Å². The molecule has 0 fully saturated rings. The van der Waals surface area contributed by atoms with Gasteiger partial charge in [-0.25, -0.2) is 0 Å². The van der Waals surface area contributed by atoms with Gasteiger partial charge in [0.25, 0.3) is 0 Å². The van der Waals surface area contributed by atoms with Crippen LogP contribution in [0.1, 0.15) is 134 Å². The standard InChI is InChI=1S/C29H49N3O12S.10CH4/c1-4-28(39)43-16-22(44-29(40)5-2)18-45-19-23(30)25(36)13-21(15-33)24(35)7-6-10-42-17-27(38)31-9-12-41-11-8-26(37)32-14-20(3)34;;;;;;;;;;/h21-23,33H,4-19,30H2,1-3H3,(H,31,38)(H,32,37);10*1H4. The summed E-state index contributed by atoms with van der Waals surface area (Å²) in [5, 5.41) is 14.7. The number of nitrogens with two attached hydrogens (primary N) is 1. The molecular formula is C39H89N3O12S. The van der Waals surface area contributed by atoms with Gasteiger partial charge in [0.15, 0.2) is 5.78 Å². The molecule has 0 aliphatic carbocycles. The van der Waals surface area contributed by atoms with Crippen molar-refractivity contribution in [3.63, 3.8) is 0 Å². The maximum atomic E-state index is 12.6. The van der Waals surface area contributed by atoms with Crippen molar-refractivity contribution in [1.29, 1.82) is 0 Å². The van der Waals surface area contributed by atoms with Crippen LogP contribution >= 0.6 is 11.8 Å². The largest absolute Gasteiger partial charge is 0.462 e. The Balaban J connectivity index is -0.000000215. The summed E-state index contributed by atoms with van der Waals surface area (Å²) in [5.74, 6) is -2.92. The van der Waals surface area contributed by atoms with E-state index in [1.807, 2.05) is 0 Å². The van der Waals surface area contributed by atoms with E-state index in [0.29, 0.717) is 0 Å². The van der Waals surface area contributed by atoms with Gasteiger partial charge in [-0.2, -0.15) is 11.8 Å². The second-order valence-corrected chi connectivity index (χ2v) is 11.1. The lowest BCUT2D eigenvalue weighted by atomic mass is 9.93. The second-order valence-electron chi connectivity index (χ2n) is 10.0. The first-order chi connectivity index (χ1) is 21.4. The number of hydrogen-bond donors (Lipinski definition) is 4. The van der Waals surface area contributed by atoms with E-state index in [9.17, 15) is 38.7 Å². The summed E-state index contributed by atoms with van der Waals surface area (Å²) in [6.45, 7) is 4.44. The molecule has 0 bridgehead atoms. The minimum Gasteiger partial charge on any atom is -0.462 e. The van der Waals surface area contributed by atoms with Crippen LogP contribution in [0.5, 0.6) is 0 Å². The molecule has 0 aromatic carbocycles. The monoisotopic (exact) mass is 824 g/mol. The maximum Gasteiger partial charge on any atom is 0.305 e. The molecule has 15 nitrogen and oxygen atoms in total. The molecule has 0 saturated carbocycles. The van der Waals surface area contributed by atoms with Gasteiger partial charge < -0.3 is 40.4 Å². The number of aliphatic hydroxyl groups excluding tert-OH is 1. The van der Waals surface area contributed by atoms with Gasteiger partial charge in [-0.15, -0.1) is 0 Å². The highest BCUT2D eigenvalue weighted by Crippen LogP contribution is 2.14. The Hall–Kier alpha value is -2.92. The Labute approximate surface area is 342 Å². The van der Waals surface area contributed by atoms with Crippen molar-refractivity contribution < 1.29 is 57.6 Å². The third-order valence-electron chi connectivity index (χ3n) is 5.97. The van der Waals surface area contributed by atoms with Gasteiger partial charge in [0, 0.05) is 62.7 Å². The first-order valence-electron chi connectivity index (χ1n) is 15.0. The van der Waals surface area contributed by atoms with E-state index < -0.39 is 42.4 Å². The summed E-state index contributed by atoms with van der Waals surface area (Å²) in [4.78, 5) is 82.3. The smallest absolute Gasteiger partial charge is 0.305 e. The van der Waals surface area contributed by atoms with Crippen molar-refractivity contribution in [2.45, 2.75) is 146 Å². The van der Waals surface area contributed by atoms with Gasteiger partial charge in [-0.3, -0.25) is 33.6 Å². The molecule has 0 radical (unpaired) electrons. The highest BCUT2D eigenvalue weighted by molar-refractivity contribution is 7.99. The third-order valence-corrected chi connectivity index (χ3v) is 7.17. The number of nitrogens with one attached hydrogen (secondary N) is 2. The molecule has 0 rings (SSSR count). The molecule has 0 aliphatic rings. The fourth-order valence-corrected chi connectivity index (χ4v) is 4.38. The average Bonchev–Trinajstić information content (AvgIpc) is 3.01. The highest BCUT2D eigenvalue weighted by atomic mass is 32.2. The molecule has 338 valence electrons. The minimum atomic E-state index is -0.915. The number of amides is 2. The highest BCUT2D eigenvalue weighted by Gasteiger charge is 2.25. The minimum absolute atomic E-state index is 0. The quantitative estimate of drug-likeness (QED) is 0.0537. The molecule has 3 atom stereocenters. The van der Waals surface area contributed by atoms with Gasteiger partial charge in [0.2, 0.25) is 11.8 Å². The molecule has 0 aliphatic heterocycles. The predicted octanol–water partition coefficient (Wildman–Crippen LogP) is 5.84. The molecule has 55 heavy (non-hydrogen) atoms. The number of carbonyl (C=O) groups is 7. The predicted molar refractivity (Wildman–Crippen MR) is 231 cm³/mol. The van der Waals surface area contributed by atoms with Crippen molar-refractivity contribution in [3.05, 3.63) is 0 Å². The summed E-state index contributed by atoms with van der Waals surface area (Å²) in [7, 11) is 0. The Morgan fingerprint density at radius 1 is 0.709 bits per heavy atom. The Bertz CT molecular complexity index is 955. The number of ketones is 3. The number of aliphatic hydroxyl groups is 1. The zero-order valence-corrected chi connectivity index (χ0v) is 27.3. The average molecular weight is 824 g/mol. The van der Waals surface area contributed by atoms with E-state index in [0.717, 1.165) is 0 Å². The zero-order chi connectivity index (χ0) is 34.0. The van der Waals surface area contributed by atoms with Gasteiger partial charge >= 0.3 is 11.9 Å². The van der Waals surface area contributed by atoms with E-state index >= 15 is 0 Å². The number of esters is 2. The Morgan fingerprint density at radius 2 is 1.29 bits per heavy atom. The lowest BCUT2D eigenvalue weighted by molar-refractivity contribution is -0.157. The summed E-state index contributed by atoms with van der Waals surface area (Å²) in [6, 6.07) is -0.915. The summed E-state index contributed by atoms with van der Waals surface area (Å²) in [6.07, 6.45) is -0.151. The fraction of sp³-hybridized carbons (Fsp3) is 0.821. The number of carbonyl (C=O) groups excluding carboxylic acids is 7.